The predicted octanol–water partition coefficient (Wildman–Crippen LogP) is 2.45. The number of rotatable bonds is 4. The van der Waals surface area contributed by atoms with Crippen LogP contribution < -0.4 is 11.1 Å². The first-order valence-corrected chi connectivity index (χ1v) is 8.60. The molecule has 0 spiro atoms. The lowest BCUT2D eigenvalue weighted by Crippen LogP contribution is -2.53. The Kier molecular flexibility index (Phi) is 5.82. The Labute approximate surface area is 140 Å². The first-order valence-electron chi connectivity index (χ1n) is 8.60. The van der Waals surface area contributed by atoms with Crippen LogP contribution in [0.4, 0.5) is 0 Å². The number of aryl methyl sites for hydroxylation is 1. The first-order chi connectivity index (χ1) is 10.8. The molecule has 23 heavy (non-hydrogen) atoms. The summed E-state index contributed by atoms with van der Waals surface area (Å²) in [5, 5.41) is 3.13. The van der Waals surface area contributed by atoms with Crippen molar-refractivity contribution in [1.82, 2.24) is 10.2 Å². The Morgan fingerprint density at radius 1 is 1.30 bits per heavy atom. The zero-order valence-corrected chi connectivity index (χ0v) is 14.9. The van der Waals surface area contributed by atoms with Crippen molar-refractivity contribution in [3.8, 4) is 0 Å². The van der Waals surface area contributed by atoms with Crippen LogP contribution in [-0.4, -0.2) is 36.0 Å². The molecule has 0 aliphatic carbocycles. The number of hydrogen-bond acceptors (Lipinski definition) is 3. The smallest absolute Gasteiger partial charge is 0.237 e. The molecule has 3 N–H and O–H groups in total. The molecule has 1 aromatic carbocycles. The van der Waals surface area contributed by atoms with Gasteiger partial charge in [0.2, 0.25) is 5.91 Å². The summed E-state index contributed by atoms with van der Waals surface area (Å²) >= 11 is 0. The van der Waals surface area contributed by atoms with Crippen molar-refractivity contribution in [2.45, 2.75) is 59.2 Å². The van der Waals surface area contributed by atoms with Crippen LogP contribution in [0.25, 0.3) is 0 Å². The molecule has 4 heteroatoms. The number of likely N-dealkylation sites (tertiary alicyclic amines) is 1. The van der Waals surface area contributed by atoms with Crippen LogP contribution in [0.5, 0.6) is 0 Å². The van der Waals surface area contributed by atoms with Gasteiger partial charge in [0, 0.05) is 25.7 Å². The number of nitrogens with two attached hydrogens (primary N) is 1. The standard InChI is InChI=1S/C19H31N3O/c1-14-7-5-6-8-15(14)13-22-11-9-16(10-12-22)21-18(23)17(20)19(2,3)4/h5-8,16-17H,9-13,20H2,1-4H3,(H,21,23)/t17-/m1/s1. The number of benzene rings is 1. The van der Waals surface area contributed by atoms with Gasteiger partial charge in [-0.05, 0) is 36.3 Å². The highest BCUT2D eigenvalue weighted by Crippen LogP contribution is 2.19. The van der Waals surface area contributed by atoms with Gasteiger partial charge in [0.25, 0.3) is 0 Å². The highest BCUT2D eigenvalue weighted by Gasteiger charge is 2.29. The van der Waals surface area contributed by atoms with Crippen molar-refractivity contribution in [1.29, 1.82) is 0 Å². The molecule has 2 rings (SSSR count). The minimum Gasteiger partial charge on any atom is -0.352 e. The molecule has 1 saturated heterocycles. The van der Waals surface area contributed by atoms with E-state index in [0.29, 0.717) is 0 Å². The number of piperidine rings is 1. The van der Waals surface area contributed by atoms with Gasteiger partial charge in [-0.2, -0.15) is 0 Å². The highest BCUT2D eigenvalue weighted by atomic mass is 16.2. The Morgan fingerprint density at radius 2 is 1.91 bits per heavy atom. The molecule has 0 saturated carbocycles. The van der Waals surface area contributed by atoms with E-state index in [4.69, 9.17) is 5.73 Å². The van der Waals surface area contributed by atoms with Crippen LogP contribution in [0.15, 0.2) is 24.3 Å². The fourth-order valence-corrected chi connectivity index (χ4v) is 2.95. The van der Waals surface area contributed by atoms with Crippen LogP contribution in [0, 0.1) is 12.3 Å². The van der Waals surface area contributed by atoms with Gasteiger partial charge >= 0.3 is 0 Å². The van der Waals surface area contributed by atoms with Gasteiger partial charge in [-0.1, -0.05) is 45.0 Å². The maximum Gasteiger partial charge on any atom is 0.237 e. The van der Waals surface area contributed by atoms with Gasteiger partial charge in [0.1, 0.15) is 0 Å². The summed E-state index contributed by atoms with van der Waals surface area (Å²) in [5.41, 5.74) is 8.58. The molecule has 0 bridgehead atoms. The second kappa shape index (κ2) is 7.45. The van der Waals surface area contributed by atoms with Gasteiger partial charge in [-0.3, -0.25) is 9.69 Å². The Bertz CT molecular complexity index is 528. The van der Waals surface area contributed by atoms with Crippen molar-refractivity contribution >= 4 is 5.91 Å². The lowest BCUT2D eigenvalue weighted by molar-refractivity contribution is -0.125. The Balaban J connectivity index is 1.80. The molecule has 1 fully saturated rings. The number of amides is 1. The second-order valence-electron chi connectivity index (χ2n) is 7.83. The number of carbonyl (C=O) groups excluding carboxylic acids is 1. The summed E-state index contributed by atoms with van der Waals surface area (Å²) in [6, 6.07) is 8.35. The first kappa shape index (κ1) is 18.0. The fourth-order valence-electron chi connectivity index (χ4n) is 2.95. The third-order valence-corrected chi connectivity index (χ3v) is 4.80. The van der Waals surface area contributed by atoms with Gasteiger partial charge in [0.15, 0.2) is 0 Å². The van der Waals surface area contributed by atoms with Gasteiger partial charge in [0.05, 0.1) is 6.04 Å². The zero-order valence-electron chi connectivity index (χ0n) is 14.9. The average molecular weight is 317 g/mol. The number of carbonyl (C=O) groups is 1. The summed E-state index contributed by atoms with van der Waals surface area (Å²) < 4.78 is 0. The summed E-state index contributed by atoms with van der Waals surface area (Å²) in [7, 11) is 0. The molecule has 0 radical (unpaired) electrons. The number of nitrogens with zero attached hydrogens (tertiary/aromatic N) is 1. The van der Waals surface area contributed by atoms with Crippen LogP contribution in [0.2, 0.25) is 0 Å². The summed E-state index contributed by atoms with van der Waals surface area (Å²) in [5.74, 6) is -0.0187. The molecule has 0 aromatic heterocycles. The van der Waals surface area contributed by atoms with Crippen LogP contribution in [0.1, 0.15) is 44.7 Å². The lowest BCUT2D eigenvalue weighted by atomic mass is 9.86. The molecule has 1 heterocycles. The van der Waals surface area contributed by atoms with Gasteiger partial charge in [-0.15, -0.1) is 0 Å². The largest absolute Gasteiger partial charge is 0.352 e. The van der Waals surface area contributed by atoms with Crippen LogP contribution in [-0.2, 0) is 11.3 Å². The minimum atomic E-state index is -0.451. The van der Waals surface area contributed by atoms with E-state index in [0.717, 1.165) is 32.5 Å². The van der Waals surface area contributed by atoms with Crippen molar-refractivity contribution in [3.05, 3.63) is 35.4 Å². The summed E-state index contributed by atoms with van der Waals surface area (Å²) in [6.45, 7) is 11.2. The molecular formula is C19H31N3O. The topological polar surface area (TPSA) is 58.4 Å². The van der Waals surface area contributed by atoms with E-state index in [1.165, 1.54) is 11.1 Å². The molecule has 1 atom stereocenters. The van der Waals surface area contributed by atoms with Gasteiger partial charge < -0.3 is 11.1 Å². The third-order valence-electron chi connectivity index (χ3n) is 4.80. The molecule has 0 unspecified atom stereocenters. The minimum absolute atomic E-state index is 0.0187. The average Bonchev–Trinajstić information content (AvgIpc) is 2.49. The second-order valence-corrected chi connectivity index (χ2v) is 7.83. The summed E-state index contributed by atoms with van der Waals surface area (Å²) in [4.78, 5) is 14.7. The highest BCUT2D eigenvalue weighted by molar-refractivity contribution is 5.82. The van der Waals surface area contributed by atoms with E-state index in [2.05, 4.69) is 41.4 Å². The van der Waals surface area contributed by atoms with Crippen molar-refractivity contribution < 1.29 is 4.79 Å². The number of nitrogens with one attached hydrogen (secondary N) is 1. The van der Waals surface area contributed by atoms with E-state index in [1.54, 1.807) is 0 Å². The molecule has 1 aliphatic rings. The van der Waals surface area contributed by atoms with E-state index in [9.17, 15) is 4.79 Å². The van der Waals surface area contributed by atoms with E-state index in [-0.39, 0.29) is 17.4 Å². The quantitative estimate of drug-likeness (QED) is 0.897. The van der Waals surface area contributed by atoms with E-state index < -0.39 is 6.04 Å². The fraction of sp³-hybridized carbons (Fsp3) is 0.632. The van der Waals surface area contributed by atoms with Gasteiger partial charge in [-0.25, -0.2) is 0 Å². The van der Waals surface area contributed by atoms with Crippen molar-refractivity contribution in [3.63, 3.8) is 0 Å². The lowest BCUT2D eigenvalue weighted by Gasteiger charge is -2.34. The monoisotopic (exact) mass is 317 g/mol. The molecule has 128 valence electrons. The number of hydrogen-bond donors (Lipinski definition) is 2. The maximum atomic E-state index is 12.2. The van der Waals surface area contributed by atoms with E-state index in [1.807, 2.05) is 20.8 Å². The van der Waals surface area contributed by atoms with Crippen molar-refractivity contribution in [2.75, 3.05) is 13.1 Å². The van der Waals surface area contributed by atoms with Crippen LogP contribution in [0.3, 0.4) is 0 Å². The van der Waals surface area contributed by atoms with Crippen molar-refractivity contribution in [2.24, 2.45) is 11.1 Å². The Hall–Kier alpha value is -1.39. The SMILES string of the molecule is Cc1ccccc1CN1CCC(NC(=O)[C@@H](N)C(C)(C)C)CC1. The zero-order chi connectivity index (χ0) is 17.0. The third kappa shape index (κ3) is 5.05. The molecule has 1 amide bonds. The summed E-state index contributed by atoms with van der Waals surface area (Å²) in [6.07, 6.45) is 1.99. The van der Waals surface area contributed by atoms with E-state index >= 15 is 0 Å². The van der Waals surface area contributed by atoms with Crippen LogP contribution >= 0.6 is 0 Å². The molecular weight excluding hydrogens is 286 g/mol. The molecule has 4 nitrogen and oxygen atoms in total. The predicted molar refractivity (Wildman–Crippen MR) is 95.1 cm³/mol. The normalized spacial score (nSPS) is 18.7. The molecule has 1 aromatic rings. The molecule has 1 aliphatic heterocycles. The maximum absolute atomic E-state index is 12.2. The Morgan fingerprint density at radius 3 is 2.48 bits per heavy atom.